The molecule has 0 spiro atoms. The van der Waals surface area contributed by atoms with Crippen LogP contribution in [-0.4, -0.2) is 30.9 Å². The number of amides is 1. The molecule has 5 aromatic rings. The van der Waals surface area contributed by atoms with Gasteiger partial charge in [0, 0.05) is 6.20 Å². The molecule has 0 fully saturated rings. The van der Waals surface area contributed by atoms with Gasteiger partial charge in [-0.1, -0.05) is 53.8 Å². The standard InChI is InChI=1S/C23H20N6OS/c1-2-16-8-7-12-20-22(16)25-23(31-20)28(14-17-9-5-6-13-24-17)21(30)15-29-19-11-4-3-10-18(19)26-27-29/h3-13H,2,14-15H2,1H3. The Morgan fingerprint density at radius 2 is 1.94 bits per heavy atom. The molecule has 7 nitrogen and oxygen atoms in total. The van der Waals surface area contributed by atoms with Crippen LogP contribution < -0.4 is 4.90 Å². The minimum atomic E-state index is -0.113. The molecule has 0 aliphatic carbocycles. The number of aromatic nitrogens is 5. The number of nitrogens with zero attached hydrogens (tertiary/aromatic N) is 6. The van der Waals surface area contributed by atoms with Crippen molar-refractivity contribution in [3.05, 3.63) is 78.1 Å². The van der Waals surface area contributed by atoms with E-state index >= 15 is 0 Å². The number of para-hydroxylation sites is 2. The zero-order chi connectivity index (χ0) is 21.2. The number of hydrogen-bond acceptors (Lipinski definition) is 6. The van der Waals surface area contributed by atoms with E-state index in [9.17, 15) is 4.79 Å². The molecule has 2 aromatic carbocycles. The topological polar surface area (TPSA) is 76.8 Å². The van der Waals surface area contributed by atoms with Gasteiger partial charge in [0.1, 0.15) is 12.1 Å². The third kappa shape index (κ3) is 3.77. The number of aryl methyl sites for hydroxylation is 1. The quantitative estimate of drug-likeness (QED) is 0.404. The highest BCUT2D eigenvalue weighted by molar-refractivity contribution is 7.22. The number of carbonyl (C=O) groups is 1. The van der Waals surface area contributed by atoms with Gasteiger partial charge in [0.05, 0.1) is 28.0 Å². The van der Waals surface area contributed by atoms with E-state index in [1.807, 2.05) is 54.6 Å². The van der Waals surface area contributed by atoms with Crippen LogP contribution in [0.5, 0.6) is 0 Å². The lowest BCUT2D eigenvalue weighted by Gasteiger charge is -2.19. The number of hydrogen-bond donors (Lipinski definition) is 0. The maximum atomic E-state index is 13.5. The average Bonchev–Trinajstić information content (AvgIpc) is 3.42. The molecule has 0 saturated heterocycles. The molecule has 0 atom stereocenters. The number of thiazole rings is 1. The fraction of sp³-hybridized carbons (Fsp3) is 0.174. The first kappa shape index (κ1) is 19.3. The number of carbonyl (C=O) groups excluding carboxylic acids is 1. The van der Waals surface area contributed by atoms with Gasteiger partial charge in [0.25, 0.3) is 5.91 Å². The van der Waals surface area contributed by atoms with Crippen LogP contribution in [0, 0.1) is 0 Å². The first-order valence-corrected chi connectivity index (χ1v) is 10.9. The Morgan fingerprint density at radius 1 is 1.06 bits per heavy atom. The van der Waals surface area contributed by atoms with Crippen LogP contribution in [0.15, 0.2) is 66.9 Å². The Morgan fingerprint density at radius 3 is 2.77 bits per heavy atom. The normalized spacial score (nSPS) is 11.3. The van der Waals surface area contributed by atoms with Crippen molar-refractivity contribution in [1.29, 1.82) is 0 Å². The molecule has 0 N–H and O–H groups in total. The molecule has 0 aliphatic rings. The van der Waals surface area contributed by atoms with E-state index in [0.717, 1.165) is 33.4 Å². The van der Waals surface area contributed by atoms with Gasteiger partial charge in [-0.3, -0.25) is 14.7 Å². The molecule has 3 heterocycles. The summed E-state index contributed by atoms with van der Waals surface area (Å²) in [4.78, 5) is 24.4. The molecular formula is C23H20N6OS. The van der Waals surface area contributed by atoms with Gasteiger partial charge < -0.3 is 0 Å². The number of fused-ring (bicyclic) bond motifs is 2. The molecule has 5 rings (SSSR count). The molecule has 0 bridgehead atoms. The van der Waals surface area contributed by atoms with Crippen molar-refractivity contribution >= 4 is 43.6 Å². The fourth-order valence-corrected chi connectivity index (χ4v) is 4.59. The van der Waals surface area contributed by atoms with Crippen LogP contribution in [0.2, 0.25) is 0 Å². The number of anilines is 1. The highest BCUT2D eigenvalue weighted by Crippen LogP contribution is 2.32. The molecule has 154 valence electrons. The van der Waals surface area contributed by atoms with Crippen molar-refractivity contribution < 1.29 is 4.79 Å². The average molecular weight is 429 g/mol. The van der Waals surface area contributed by atoms with E-state index in [1.165, 1.54) is 16.9 Å². The van der Waals surface area contributed by atoms with E-state index in [0.29, 0.717) is 11.7 Å². The van der Waals surface area contributed by atoms with Crippen molar-refractivity contribution in [2.45, 2.75) is 26.4 Å². The Hall–Kier alpha value is -3.65. The summed E-state index contributed by atoms with van der Waals surface area (Å²) in [5, 5.41) is 9.00. The molecule has 3 aromatic heterocycles. The maximum Gasteiger partial charge on any atom is 0.250 e. The SMILES string of the molecule is CCc1cccc2sc(N(Cc3ccccn3)C(=O)Cn3nnc4ccccc43)nc12. The van der Waals surface area contributed by atoms with Crippen molar-refractivity contribution in [2.75, 3.05) is 4.90 Å². The second kappa shape index (κ2) is 8.23. The largest absolute Gasteiger partial charge is 0.280 e. The Kier molecular flexibility index (Phi) is 5.13. The van der Waals surface area contributed by atoms with E-state index in [2.05, 4.69) is 28.3 Å². The van der Waals surface area contributed by atoms with Gasteiger partial charge in [-0.2, -0.15) is 0 Å². The molecule has 0 aliphatic heterocycles. The summed E-state index contributed by atoms with van der Waals surface area (Å²) in [6.45, 7) is 2.53. The smallest absolute Gasteiger partial charge is 0.250 e. The number of pyridine rings is 1. The molecule has 0 unspecified atom stereocenters. The first-order chi connectivity index (χ1) is 15.2. The highest BCUT2D eigenvalue weighted by Gasteiger charge is 2.22. The van der Waals surface area contributed by atoms with Gasteiger partial charge in [-0.25, -0.2) is 9.67 Å². The summed E-state index contributed by atoms with van der Waals surface area (Å²) in [6, 6.07) is 19.5. The van der Waals surface area contributed by atoms with E-state index in [-0.39, 0.29) is 12.5 Å². The molecule has 31 heavy (non-hydrogen) atoms. The fourth-order valence-electron chi connectivity index (χ4n) is 3.56. The summed E-state index contributed by atoms with van der Waals surface area (Å²) in [6.07, 6.45) is 2.62. The van der Waals surface area contributed by atoms with E-state index < -0.39 is 0 Å². The molecule has 8 heteroatoms. The molecule has 0 radical (unpaired) electrons. The zero-order valence-corrected chi connectivity index (χ0v) is 17.8. The van der Waals surface area contributed by atoms with Gasteiger partial charge >= 0.3 is 0 Å². The van der Waals surface area contributed by atoms with Gasteiger partial charge in [-0.05, 0) is 42.3 Å². The van der Waals surface area contributed by atoms with Gasteiger partial charge in [0.15, 0.2) is 5.13 Å². The van der Waals surface area contributed by atoms with Crippen LogP contribution in [0.25, 0.3) is 21.3 Å². The van der Waals surface area contributed by atoms with Crippen LogP contribution in [0.4, 0.5) is 5.13 Å². The third-order valence-corrected chi connectivity index (χ3v) is 6.20. The van der Waals surface area contributed by atoms with Crippen LogP contribution in [-0.2, 0) is 24.3 Å². The Bertz CT molecular complexity index is 1360. The van der Waals surface area contributed by atoms with Crippen LogP contribution in [0.1, 0.15) is 18.2 Å². The lowest BCUT2D eigenvalue weighted by Crippen LogP contribution is -2.34. The van der Waals surface area contributed by atoms with Crippen LogP contribution >= 0.6 is 11.3 Å². The zero-order valence-electron chi connectivity index (χ0n) is 17.0. The predicted molar refractivity (Wildman–Crippen MR) is 122 cm³/mol. The summed E-state index contributed by atoms with van der Waals surface area (Å²) >= 11 is 1.52. The minimum Gasteiger partial charge on any atom is -0.280 e. The van der Waals surface area contributed by atoms with Gasteiger partial charge in [0.2, 0.25) is 0 Å². The third-order valence-electron chi connectivity index (χ3n) is 5.16. The van der Waals surface area contributed by atoms with Gasteiger partial charge in [-0.15, -0.1) is 5.10 Å². The number of benzene rings is 2. The van der Waals surface area contributed by atoms with E-state index in [1.54, 1.807) is 15.8 Å². The summed E-state index contributed by atoms with van der Waals surface area (Å²) in [5.74, 6) is -0.113. The number of rotatable bonds is 6. The van der Waals surface area contributed by atoms with Crippen molar-refractivity contribution in [3.63, 3.8) is 0 Å². The second-order valence-corrected chi connectivity index (χ2v) is 8.16. The van der Waals surface area contributed by atoms with E-state index in [4.69, 9.17) is 4.98 Å². The summed E-state index contributed by atoms with van der Waals surface area (Å²) in [5.41, 5.74) is 4.52. The second-order valence-electron chi connectivity index (χ2n) is 7.15. The highest BCUT2D eigenvalue weighted by atomic mass is 32.1. The van der Waals surface area contributed by atoms with Crippen molar-refractivity contribution in [1.82, 2.24) is 25.0 Å². The predicted octanol–water partition coefficient (Wildman–Crippen LogP) is 4.23. The summed E-state index contributed by atoms with van der Waals surface area (Å²) < 4.78 is 2.70. The molecular weight excluding hydrogens is 408 g/mol. The first-order valence-electron chi connectivity index (χ1n) is 10.1. The lowest BCUT2D eigenvalue weighted by molar-refractivity contribution is -0.119. The maximum absolute atomic E-state index is 13.5. The molecule has 0 saturated carbocycles. The Balaban J connectivity index is 1.53. The van der Waals surface area contributed by atoms with Crippen LogP contribution in [0.3, 0.4) is 0 Å². The van der Waals surface area contributed by atoms with Crippen molar-refractivity contribution in [2.24, 2.45) is 0 Å². The summed E-state index contributed by atoms with van der Waals surface area (Å²) in [7, 11) is 0. The Labute approximate surface area is 183 Å². The lowest BCUT2D eigenvalue weighted by atomic mass is 10.1. The minimum absolute atomic E-state index is 0.0733. The molecule has 1 amide bonds. The van der Waals surface area contributed by atoms with Crippen molar-refractivity contribution in [3.8, 4) is 0 Å². The monoisotopic (exact) mass is 428 g/mol.